The van der Waals surface area contributed by atoms with Crippen LogP contribution in [0.5, 0.6) is 11.5 Å². The number of amides is 2. The molecule has 3 rings (SSSR count). The number of nitrogens with one attached hydrogen (secondary N) is 2. The second kappa shape index (κ2) is 10.8. The number of benzene rings is 1. The maximum Gasteiger partial charge on any atom is 0.289 e. The molecule has 0 radical (unpaired) electrons. The van der Waals surface area contributed by atoms with E-state index in [9.17, 15) is 9.59 Å². The molecule has 2 amide bonds. The third kappa shape index (κ3) is 6.43. The van der Waals surface area contributed by atoms with Crippen LogP contribution in [0, 0.1) is 0 Å². The lowest BCUT2D eigenvalue weighted by atomic mass is 10.2. The molecule has 9 nitrogen and oxygen atoms in total. The van der Waals surface area contributed by atoms with E-state index in [-0.39, 0.29) is 11.8 Å². The Kier molecular flexibility index (Phi) is 7.85. The van der Waals surface area contributed by atoms with Crippen molar-refractivity contribution in [2.24, 2.45) is 0 Å². The van der Waals surface area contributed by atoms with Gasteiger partial charge in [0.25, 0.3) is 11.8 Å². The lowest BCUT2D eigenvalue weighted by Gasteiger charge is -2.25. The summed E-state index contributed by atoms with van der Waals surface area (Å²) in [6.45, 7) is 6.63. The monoisotopic (exact) mass is 446 g/mol. The largest absolute Gasteiger partial charge is 0.493 e. The number of carbonyl (C=O) groups excluding carboxylic acids is 2. The quantitative estimate of drug-likeness (QED) is 0.497. The molecule has 166 valence electrons. The standard InChI is InChI=1S/C21H26N4O5S/c1-14(2)30-17-6-4-15(12-18(17)28-3)5-7-19(26)23-24-20(27)16-13-31-21(22-16)25-8-10-29-11-9-25/h4-7,12-14H,8-11H2,1-3H3,(H,23,26)(H,24,27)/b7-5+. The maximum absolute atomic E-state index is 12.2. The van der Waals surface area contributed by atoms with Gasteiger partial charge >= 0.3 is 0 Å². The number of nitrogens with zero attached hydrogens (tertiary/aromatic N) is 2. The minimum Gasteiger partial charge on any atom is -0.493 e. The first-order valence-electron chi connectivity index (χ1n) is 9.87. The van der Waals surface area contributed by atoms with Crippen LogP contribution in [0.1, 0.15) is 29.9 Å². The molecule has 0 saturated carbocycles. The number of rotatable bonds is 7. The van der Waals surface area contributed by atoms with Crippen LogP contribution >= 0.6 is 11.3 Å². The summed E-state index contributed by atoms with van der Waals surface area (Å²) < 4.78 is 16.3. The summed E-state index contributed by atoms with van der Waals surface area (Å²) in [4.78, 5) is 30.7. The van der Waals surface area contributed by atoms with Gasteiger partial charge in [-0.05, 0) is 37.6 Å². The second-order valence-corrected chi connectivity index (χ2v) is 7.80. The van der Waals surface area contributed by atoms with Gasteiger partial charge in [-0.15, -0.1) is 11.3 Å². The van der Waals surface area contributed by atoms with Gasteiger partial charge in [0, 0.05) is 24.5 Å². The highest BCUT2D eigenvalue weighted by molar-refractivity contribution is 7.13. The van der Waals surface area contributed by atoms with Crippen LogP contribution in [0.25, 0.3) is 6.08 Å². The van der Waals surface area contributed by atoms with E-state index in [2.05, 4.69) is 20.7 Å². The molecule has 1 aromatic carbocycles. The summed E-state index contributed by atoms with van der Waals surface area (Å²) in [5, 5.41) is 2.42. The molecule has 1 aromatic heterocycles. The van der Waals surface area contributed by atoms with Crippen molar-refractivity contribution in [3.05, 3.63) is 40.9 Å². The van der Waals surface area contributed by atoms with Crippen LogP contribution in [-0.2, 0) is 9.53 Å². The fourth-order valence-electron chi connectivity index (χ4n) is 2.80. The van der Waals surface area contributed by atoms with Crippen molar-refractivity contribution in [1.82, 2.24) is 15.8 Å². The number of thiazole rings is 1. The van der Waals surface area contributed by atoms with E-state index in [4.69, 9.17) is 14.2 Å². The van der Waals surface area contributed by atoms with Crippen molar-refractivity contribution in [3.8, 4) is 11.5 Å². The number of hydrazine groups is 1. The Morgan fingerprint density at radius 3 is 2.71 bits per heavy atom. The van der Waals surface area contributed by atoms with E-state index in [1.54, 1.807) is 30.7 Å². The van der Waals surface area contributed by atoms with E-state index in [0.717, 1.165) is 23.8 Å². The predicted octanol–water partition coefficient (Wildman–Crippen LogP) is 2.25. The Labute approximate surface area is 185 Å². The molecule has 2 N–H and O–H groups in total. The molecular weight excluding hydrogens is 420 g/mol. The summed E-state index contributed by atoms with van der Waals surface area (Å²) in [5.74, 6) is 0.253. The first-order chi connectivity index (χ1) is 15.0. The van der Waals surface area contributed by atoms with Crippen LogP contribution in [0.4, 0.5) is 5.13 Å². The second-order valence-electron chi connectivity index (χ2n) is 6.97. The van der Waals surface area contributed by atoms with E-state index in [0.29, 0.717) is 24.7 Å². The van der Waals surface area contributed by atoms with Gasteiger partial charge in [0.1, 0.15) is 5.69 Å². The topological polar surface area (TPSA) is 102 Å². The van der Waals surface area contributed by atoms with Crippen molar-refractivity contribution in [1.29, 1.82) is 0 Å². The van der Waals surface area contributed by atoms with Crippen molar-refractivity contribution < 1.29 is 23.8 Å². The average Bonchev–Trinajstić information content (AvgIpc) is 3.27. The van der Waals surface area contributed by atoms with Crippen LogP contribution in [0.15, 0.2) is 29.7 Å². The van der Waals surface area contributed by atoms with Crippen LogP contribution in [0.2, 0.25) is 0 Å². The molecule has 0 unspecified atom stereocenters. The first-order valence-corrected chi connectivity index (χ1v) is 10.8. The van der Waals surface area contributed by atoms with Crippen molar-refractivity contribution in [2.45, 2.75) is 20.0 Å². The minimum absolute atomic E-state index is 0.0207. The number of methoxy groups -OCH3 is 1. The summed E-state index contributed by atoms with van der Waals surface area (Å²) in [6.07, 6.45) is 2.95. The molecule has 2 aromatic rings. The molecule has 1 saturated heterocycles. The zero-order valence-electron chi connectivity index (χ0n) is 17.7. The van der Waals surface area contributed by atoms with Crippen molar-refractivity contribution >= 4 is 34.4 Å². The van der Waals surface area contributed by atoms with E-state index in [1.165, 1.54) is 17.4 Å². The number of anilines is 1. The third-order valence-electron chi connectivity index (χ3n) is 4.28. The number of morpholine rings is 1. The molecule has 0 spiro atoms. The van der Waals surface area contributed by atoms with Crippen molar-refractivity contribution in [2.75, 3.05) is 38.3 Å². The summed E-state index contributed by atoms with van der Waals surface area (Å²) in [6, 6.07) is 5.36. The van der Waals surface area contributed by atoms with Gasteiger partial charge in [-0.1, -0.05) is 6.07 Å². The summed E-state index contributed by atoms with van der Waals surface area (Å²) in [7, 11) is 1.56. The number of aromatic nitrogens is 1. The maximum atomic E-state index is 12.2. The van der Waals surface area contributed by atoms with Gasteiger partial charge in [-0.3, -0.25) is 20.4 Å². The summed E-state index contributed by atoms with van der Waals surface area (Å²) in [5.41, 5.74) is 5.73. The normalized spacial score (nSPS) is 14.0. The number of hydrogen-bond donors (Lipinski definition) is 2. The molecule has 1 aliphatic rings. The van der Waals surface area contributed by atoms with E-state index in [1.807, 2.05) is 19.9 Å². The zero-order valence-corrected chi connectivity index (χ0v) is 18.5. The zero-order chi connectivity index (χ0) is 22.2. The van der Waals surface area contributed by atoms with E-state index >= 15 is 0 Å². The highest BCUT2D eigenvalue weighted by Crippen LogP contribution is 2.29. The first kappa shape index (κ1) is 22.6. The molecular formula is C21H26N4O5S. The highest BCUT2D eigenvalue weighted by atomic mass is 32.1. The smallest absolute Gasteiger partial charge is 0.289 e. The summed E-state index contributed by atoms with van der Waals surface area (Å²) >= 11 is 1.38. The van der Waals surface area contributed by atoms with Crippen LogP contribution in [-0.4, -0.2) is 56.3 Å². The minimum atomic E-state index is -0.477. The van der Waals surface area contributed by atoms with Gasteiger partial charge in [0.15, 0.2) is 16.6 Å². The average molecular weight is 447 g/mol. The fourth-order valence-corrected chi connectivity index (χ4v) is 3.66. The molecule has 10 heteroatoms. The van der Waals surface area contributed by atoms with E-state index < -0.39 is 11.8 Å². The lowest BCUT2D eigenvalue weighted by Crippen LogP contribution is -2.41. The van der Waals surface area contributed by atoms with Gasteiger partial charge in [0.05, 0.1) is 26.4 Å². The Bertz CT molecular complexity index is 938. The van der Waals surface area contributed by atoms with Crippen molar-refractivity contribution in [3.63, 3.8) is 0 Å². The number of ether oxygens (including phenoxy) is 3. The fraction of sp³-hybridized carbons (Fsp3) is 0.381. The van der Waals surface area contributed by atoms with Crippen LogP contribution in [0.3, 0.4) is 0 Å². The molecule has 0 atom stereocenters. The van der Waals surface area contributed by atoms with Gasteiger partial charge < -0.3 is 19.1 Å². The Hall–Kier alpha value is -3.11. The molecule has 2 heterocycles. The Morgan fingerprint density at radius 2 is 2.00 bits per heavy atom. The molecule has 31 heavy (non-hydrogen) atoms. The molecule has 1 fully saturated rings. The van der Waals surface area contributed by atoms with Gasteiger partial charge in [-0.25, -0.2) is 4.98 Å². The molecule has 0 aliphatic carbocycles. The lowest BCUT2D eigenvalue weighted by molar-refractivity contribution is -0.117. The Balaban J connectivity index is 1.52. The molecule has 0 bridgehead atoms. The predicted molar refractivity (Wildman–Crippen MR) is 119 cm³/mol. The molecule has 1 aliphatic heterocycles. The van der Waals surface area contributed by atoms with Crippen LogP contribution < -0.4 is 25.2 Å². The Morgan fingerprint density at radius 1 is 1.23 bits per heavy atom. The SMILES string of the molecule is COc1cc(/C=C/C(=O)NNC(=O)c2csc(N3CCOCC3)n2)ccc1OC(C)C. The number of hydrogen-bond acceptors (Lipinski definition) is 8. The highest BCUT2D eigenvalue weighted by Gasteiger charge is 2.17. The number of carbonyl (C=O) groups is 2. The third-order valence-corrected chi connectivity index (χ3v) is 5.18. The van der Waals surface area contributed by atoms with Gasteiger partial charge in [-0.2, -0.15) is 0 Å². The van der Waals surface area contributed by atoms with Gasteiger partial charge in [0.2, 0.25) is 0 Å².